The van der Waals surface area contributed by atoms with Crippen molar-refractivity contribution in [2.45, 2.75) is 12.8 Å². The van der Waals surface area contributed by atoms with E-state index < -0.39 is 5.92 Å². The molecule has 1 atom stereocenters. The molecule has 0 spiro atoms. The number of carbonyl (C=O) groups excluding carboxylic acids is 2. The molecule has 1 heterocycles. The summed E-state index contributed by atoms with van der Waals surface area (Å²) in [6.45, 7) is 1.76. The van der Waals surface area contributed by atoms with E-state index in [1.54, 1.807) is 43.3 Å². The third-order valence-electron chi connectivity index (χ3n) is 3.68. The van der Waals surface area contributed by atoms with Gasteiger partial charge in [-0.1, -0.05) is 71.1 Å². The van der Waals surface area contributed by atoms with Gasteiger partial charge in [-0.25, -0.2) is 0 Å². The van der Waals surface area contributed by atoms with Crippen LogP contribution in [0.1, 0.15) is 34.3 Å². The number of esters is 1. The van der Waals surface area contributed by atoms with Gasteiger partial charge in [-0.3, -0.25) is 9.59 Å². The first kappa shape index (κ1) is 17.7. The normalized spacial score (nSPS) is 11.7. The highest BCUT2D eigenvalue weighted by Gasteiger charge is 2.20. The summed E-state index contributed by atoms with van der Waals surface area (Å²) in [4.78, 5) is 24.9. The van der Waals surface area contributed by atoms with Crippen molar-refractivity contribution in [3.8, 4) is 5.06 Å². The van der Waals surface area contributed by atoms with E-state index in [0.29, 0.717) is 20.0 Å². The lowest BCUT2D eigenvalue weighted by Crippen LogP contribution is -2.16. The molecule has 6 heteroatoms. The Balaban J connectivity index is 1.79. The predicted molar refractivity (Wildman–Crippen MR) is 103 cm³/mol. The zero-order chi connectivity index (χ0) is 17.8. The van der Waals surface area contributed by atoms with Crippen LogP contribution in [0.25, 0.3) is 0 Å². The van der Waals surface area contributed by atoms with Crippen molar-refractivity contribution in [1.82, 2.24) is 0 Å². The number of hydrogen-bond donors (Lipinski definition) is 0. The Morgan fingerprint density at radius 1 is 0.960 bits per heavy atom. The van der Waals surface area contributed by atoms with Crippen molar-refractivity contribution in [3.05, 3.63) is 81.2 Å². The van der Waals surface area contributed by atoms with Gasteiger partial charge in [0.25, 0.3) is 0 Å². The summed E-state index contributed by atoms with van der Waals surface area (Å²) < 4.78 is 6.07. The largest absolute Gasteiger partial charge is 0.414 e. The van der Waals surface area contributed by atoms with Crippen LogP contribution < -0.4 is 4.74 Å². The standard InChI is InChI=1S/C19H14O3S3/c1-12(19(21)22-16-11-17(23)25-24-16)14-8-5-9-15(10-14)18(20)13-6-3-2-4-7-13/h2-12H,1H3. The molecule has 0 aliphatic carbocycles. The molecule has 2 aromatic carbocycles. The highest BCUT2D eigenvalue weighted by molar-refractivity contribution is 7.79. The van der Waals surface area contributed by atoms with Gasteiger partial charge >= 0.3 is 5.97 Å². The van der Waals surface area contributed by atoms with Crippen molar-refractivity contribution in [2.75, 3.05) is 0 Å². The van der Waals surface area contributed by atoms with Crippen LogP contribution in [-0.2, 0) is 4.79 Å². The summed E-state index contributed by atoms with van der Waals surface area (Å²) in [6, 6.07) is 17.8. The molecule has 0 bridgehead atoms. The third-order valence-corrected chi connectivity index (χ3v) is 6.38. The van der Waals surface area contributed by atoms with Gasteiger partial charge in [0.2, 0.25) is 0 Å². The zero-order valence-corrected chi connectivity index (χ0v) is 15.7. The van der Waals surface area contributed by atoms with Crippen LogP contribution in [0.15, 0.2) is 60.7 Å². The lowest BCUT2D eigenvalue weighted by atomic mass is 9.96. The van der Waals surface area contributed by atoms with Crippen molar-refractivity contribution in [2.24, 2.45) is 0 Å². The van der Waals surface area contributed by atoms with E-state index in [1.807, 2.05) is 24.3 Å². The Morgan fingerprint density at radius 3 is 2.36 bits per heavy atom. The molecule has 0 aliphatic heterocycles. The van der Waals surface area contributed by atoms with Crippen LogP contribution in [0.2, 0.25) is 0 Å². The van der Waals surface area contributed by atoms with E-state index in [2.05, 4.69) is 0 Å². The Morgan fingerprint density at radius 2 is 1.68 bits per heavy atom. The fraction of sp³-hybridized carbons (Fsp3) is 0.105. The molecule has 3 rings (SSSR count). The Hall–Kier alpha value is -2.15. The number of ketones is 1. The maximum atomic E-state index is 12.6. The molecule has 0 aliphatic rings. The minimum absolute atomic E-state index is 0.0705. The lowest BCUT2D eigenvalue weighted by Gasteiger charge is -2.11. The minimum atomic E-state index is -0.482. The maximum Gasteiger partial charge on any atom is 0.319 e. The van der Waals surface area contributed by atoms with Crippen molar-refractivity contribution >= 4 is 44.7 Å². The van der Waals surface area contributed by atoms with Crippen molar-refractivity contribution in [1.29, 1.82) is 0 Å². The summed E-state index contributed by atoms with van der Waals surface area (Å²) in [5.74, 6) is -0.920. The number of benzene rings is 2. The third kappa shape index (κ3) is 4.28. The Labute approximate surface area is 157 Å². The second kappa shape index (κ2) is 7.82. The first-order valence-corrected chi connectivity index (χ1v) is 10.1. The van der Waals surface area contributed by atoms with Crippen molar-refractivity contribution < 1.29 is 14.3 Å². The van der Waals surface area contributed by atoms with Gasteiger partial charge in [0.15, 0.2) is 10.8 Å². The number of rotatable bonds is 5. The van der Waals surface area contributed by atoms with Crippen LogP contribution in [0.3, 0.4) is 0 Å². The maximum absolute atomic E-state index is 12.6. The lowest BCUT2D eigenvalue weighted by molar-refractivity contribution is -0.135. The van der Waals surface area contributed by atoms with E-state index in [0.717, 1.165) is 5.56 Å². The van der Waals surface area contributed by atoms with Gasteiger partial charge in [0, 0.05) is 17.2 Å². The summed E-state index contributed by atoms with van der Waals surface area (Å²) in [5, 5.41) is 0.503. The highest BCUT2D eigenvalue weighted by atomic mass is 32.9. The molecular formula is C19H14O3S3. The molecule has 0 saturated heterocycles. The van der Waals surface area contributed by atoms with Crippen LogP contribution in [0.4, 0.5) is 0 Å². The summed E-state index contributed by atoms with van der Waals surface area (Å²) in [7, 11) is 2.73. The average molecular weight is 387 g/mol. The predicted octanol–water partition coefficient (Wildman–Crippen LogP) is 5.48. The van der Waals surface area contributed by atoms with Gasteiger partial charge in [-0.2, -0.15) is 0 Å². The highest BCUT2D eigenvalue weighted by Crippen LogP contribution is 2.28. The zero-order valence-electron chi connectivity index (χ0n) is 13.3. The molecule has 0 fully saturated rings. The van der Waals surface area contributed by atoms with E-state index in [-0.39, 0.29) is 11.8 Å². The minimum Gasteiger partial charge on any atom is -0.414 e. The van der Waals surface area contributed by atoms with Gasteiger partial charge in [-0.05, 0) is 28.9 Å². The van der Waals surface area contributed by atoms with Crippen molar-refractivity contribution in [3.63, 3.8) is 0 Å². The average Bonchev–Trinajstić information content (AvgIpc) is 3.06. The van der Waals surface area contributed by atoms with Crippen LogP contribution in [-0.4, -0.2) is 11.8 Å². The molecule has 25 heavy (non-hydrogen) atoms. The molecule has 1 unspecified atom stereocenters. The van der Waals surface area contributed by atoms with E-state index >= 15 is 0 Å². The molecule has 3 nitrogen and oxygen atoms in total. The molecular weight excluding hydrogens is 372 g/mol. The first-order chi connectivity index (χ1) is 12.0. The van der Waals surface area contributed by atoms with E-state index in [1.165, 1.54) is 20.7 Å². The second-order valence-electron chi connectivity index (χ2n) is 5.41. The number of ether oxygens (including phenoxy) is 1. The monoisotopic (exact) mass is 386 g/mol. The summed E-state index contributed by atoms with van der Waals surface area (Å²) >= 11 is 5.04. The molecule has 0 saturated carbocycles. The van der Waals surface area contributed by atoms with Gasteiger partial charge in [0.05, 0.1) is 5.92 Å². The molecule has 0 amide bonds. The van der Waals surface area contributed by atoms with Crippen LogP contribution in [0.5, 0.6) is 5.06 Å². The van der Waals surface area contributed by atoms with E-state index in [9.17, 15) is 9.59 Å². The summed E-state index contributed by atoms with van der Waals surface area (Å²) in [5.41, 5.74) is 1.91. The first-order valence-electron chi connectivity index (χ1n) is 7.56. The van der Waals surface area contributed by atoms with Gasteiger partial charge in [0.1, 0.15) is 3.82 Å². The molecule has 1 aromatic heterocycles. The number of hydrogen-bond acceptors (Lipinski definition) is 6. The van der Waals surface area contributed by atoms with Gasteiger partial charge < -0.3 is 4.74 Å². The number of carbonyl (C=O) groups is 2. The molecule has 0 N–H and O–H groups in total. The molecule has 126 valence electrons. The van der Waals surface area contributed by atoms with Gasteiger partial charge in [-0.15, -0.1) is 0 Å². The quantitative estimate of drug-likeness (QED) is 0.252. The van der Waals surface area contributed by atoms with E-state index in [4.69, 9.17) is 17.0 Å². The SMILES string of the molecule is CC(C(=O)Oc1cc(=S)ss1)c1cccc(C(=O)c2ccccc2)c1. The summed E-state index contributed by atoms with van der Waals surface area (Å²) in [6.07, 6.45) is 0. The second-order valence-corrected chi connectivity index (χ2v) is 8.29. The fourth-order valence-corrected chi connectivity index (χ4v) is 4.35. The smallest absolute Gasteiger partial charge is 0.319 e. The topological polar surface area (TPSA) is 43.4 Å². The molecule has 0 radical (unpaired) electrons. The Kier molecular flexibility index (Phi) is 5.53. The Bertz CT molecular complexity index is 957. The fourth-order valence-electron chi connectivity index (χ4n) is 2.30. The van der Waals surface area contributed by atoms with Crippen LogP contribution in [0, 0.1) is 3.82 Å². The van der Waals surface area contributed by atoms with Crippen LogP contribution >= 0.6 is 32.9 Å². The molecule has 3 aromatic rings.